The number of carbonyl (C=O) groups excluding carboxylic acids is 2. The molecule has 1 heterocycles. The zero-order valence-corrected chi connectivity index (χ0v) is 25.5. The quantitative estimate of drug-likeness (QED) is 0.137. The summed E-state index contributed by atoms with van der Waals surface area (Å²) in [7, 11) is 0. The minimum absolute atomic E-state index is 0.312. The van der Waals surface area contributed by atoms with Crippen LogP contribution >= 0.6 is 22.6 Å². The first-order chi connectivity index (χ1) is 19.4. The summed E-state index contributed by atoms with van der Waals surface area (Å²) in [4.78, 5) is 27.0. The van der Waals surface area contributed by atoms with Gasteiger partial charge in [-0.2, -0.15) is 0 Å². The Morgan fingerprint density at radius 3 is 2.25 bits per heavy atom. The molecule has 9 heteroatoms. The van der Waals surface area contributed by atoms with E-state index in [1.807, 2.05) is 26.0 Å². The van der Waals surface area contributed by atoms with E-state index in [9.17, 15) is 9.59 Å². The minimum atomic E-state index is -0.534. The highest BCUT2D eigenvalue weighted by molar-refractivity contribution is 14.1. The number of fused-ring (bicyclic) bond motifs is 1. The molecule has 1 aliphatic rings. The van der Waals surface area contributed by atoms with Crippen molar-refractivity contribution in [2.75, 3.05) is 42.7 Å². The Balaban J connectivity index is 1.38. The number of benzene rings is 3. The van der Waals surface area contributed by atoms with Gasteiger partial charge in [-0.25, -0.2) is 9.59 Å². The number of halogens is 1. The van der Waals surface area contributed by atoms with Crippen LogP contribution in [0.2, 0.25) is 0 Å². The lowest BCUT2D eigenvalue weighted by atomic mass is 9.93. The van der Waals surface area contributed by atoms with Gasteiger partial charge in [0.05, 0.1) is 25.4 Å². The van der Waals surface area contributed by atoms with Crippen LogP contribution in [-0.4, -0.2) is 59.9 Å². The third kappa shape index (κ3) is 7.37. The van der Waals surface area contributed by atoms with Gasteiger partial charge in [-0.1, -0.05) is 34.7 Å². The van der Waals surface area contributed by atoms with Crippen LogP contribution in [-0.2, 0) is 16.0 Å². The molecule has 1 aliphatic heterocycles. The summed E-state index contributed by atoms with van der Waals surface area (Å²) in [6, 6.07) is 17.0. The summed E-state index contributed by atoms with van der Waals surface area (Å²) in [6.45, 7) is 9.63. The second-order valence-electron chi connectivity index (χ2n) is 9.72. The Hall–Kier alpha value is -3.05. The molecule has 0 atom stereocenters. The van der Waals surface area contributed by atoms with E-state index < -0.39 is 11.7 Å². The van der Waals surface area contributed by atoms with Crippen LogP contribution in [0, 0.1) is 0 Å². The van der Waals surface area contributed by atoms with Crippen LogP contribution in [0.25, 0.3) is 10.8 Å². The van der Waals surface area contributed by atoms with Crippen molar-refractivity contribution < 1.29 is 28.5 Å². The average Bonchev–Trinajstić information content (AvgIpc) is 2.95. The van der Waals surface area contributed by atoms with Gasteiger partial charge in [-0.05, 0) is 68.8 Å². The lowest BCUT2D eigenvalue weighted by Gasteiger charge is -2.40. The molecule has 0 spiro atoms. The summed E-state index contributed by atoms with van der Waals surface area (Å²) in [5.74, 6) is 1.34. The first-order valence-corrected chi connectivity index (χ1v) is 15.3. The van der Waals surface area contributed by atoms with E-state index in [-0.39, 0.29) is 5.97 Å². The fraction of sp³-hybridized carbons (Fsp3) is 0.419. The Kier molecular flexibility index (Phi) is 10.5. The summed E-state index contributed by atoms with van der Waals surface area (Å²) in [5, 5.41) is 4.90. The molecular formula is C31H37IN2O6. The highest BCUT2D eigenvalue weighted by atomic mass is 127. The second kappa shape index (κ2) is 14.0. The SMILES string of the molecule is CCOC(=O)c1ccc(NC(=O)OC2(CI)CCN(Cc3cc(OCC)c4cccc(OCC)c4c3)CC2)cc1. The standard InChI is InChI=1S/C31H37IN2O6/c1-4-37-27-9-7-8-25-26(27)18-22(19-28(25)38-5-2)20-34-16-14-31(21-32,15-17-34)40-30(36)33-24-12-10-23(11-13-24)29(35)39-6-3/h7-13,18-19H,4-6,14-17,20-21H2,1-3H3,(H,33,36). The van der Waals surface area contributed by atoms with Gasteiger partial charge in [0.1, 0.15) is 17.1 Å². The molecule has 0 aromatic heterocycles. The highest BCUT2D eigenvalue weighted by Crippen LogP contribution is 2.35. The van der Waals surface area contributed by atoms with Crippen LogP contribution in [0.3, 0.4) is 0 Å². The van der Waals surface area contributed by atoms with Crippen LogP contribution in [0.1, 0.15) is 49.5 Å². The lowest BCUT2D eigenvalue weighted by Crippen LogP contribution is -2.48. The van der Waals surface area contributed by atoms with Crippen LogP contribution in [0.4, 0.5) is 10.5 Å². The molecule has 1 amide bonds. The molecule has 0 bridgehead atoms. The maximum atomic E-state index is 12.8. The normalized spacial score (nSPS) is 14.9. The molecule has 1 saturated heterocycles. The number of hydrogen-bond acceptors (Lipinski definition) is 7. The van der Waals surface area contributed by atoms with Crippen molar-refractivity contribution in [2.24, 2.45) is 0 Å². The number of nitrogens with one attached hydrogen (secondary N) is 1. The number of ether oxygens (including phenoxy) is 4. The number of hydrogen-bond donors (Lipinski definition) is 1. The topological polar surface area (TPSA) is 86.3 Å². The summed E-state index contributed by atoms with van der Waals surface area (Å²) in [5.41, 5.74) is 1.63. The van der Waals surface area contributed by atoms with Crippen molar-refractivity contribution in [1.82, 2.24) is 4.90 Å². The number of amides is 1. The smallest absolute Gasteiger partial charge is 0.412 e. The molecule has 4 rings (SSSR count). The molecule has 0 saturated carbocycles. The van der Waals surface area contributed by atoms with Crippen LogP contribution in [0.15, 0.2) is 54.6 Å². The maximum absolute atomic E-state index is 12.8. The van der Waals surface area contributed by atoms with Crippen molar-refractivity contribution >= 4 is 51.1 Å². The molecular weight excluding hydrogens is 623 g/mol. The van der Waals surface area contributed by atoms with Crippen molar-refractivity contribution in [1.29, 1.82) is 0 Å². The van der Waals surface area contributed by atoms with Crippen molar-refractivity contribution in [3.05, 3.63) is 65.7 Å². The predicted molar refractivity (Wildman–Crippen MR) is 165 cm³/mol. The number of piperidine rings is 1. The number of rotatable bonds is 11. The fourth-order valence-corrected chi connectivity index (χ4v) is 5.83. The third-order valence-electron chi connectivity index (χ3n) is 6.95. The first-order valence-electron chi connectivity index (χ1n) is 13.8. The molecule has 214 valence electrons. The van der Waals surface area contributed by atoms with Crippen LogP contribution < -0.4 is 14.8 Å². The summed E-state index contributed by atoms with van der Waals surface area (Å²) >= 11 is 2.30. The maximum Gasteiger partial charge on any atom is 0.412 e. The number of nitrogens with zero attached hydrogens (tertiary/aromatic N) is 1. The number of anilines is 1. The van der Waals surface area contributed by atoms with Crippen LogP contribution in [0.5, 0.6) is 11.5 Å². The number of alkyl halides is 1. The second-order valence-corrected chi connectivity index (χ2v) is 10.5. The van der Waals surface area contributed by atoms with E-state index in [2.05, 4.69) is 51.0 Å². The zero-order valence-electron chi connectivity index (χ0n) is 23.3. The van der Waals surface area contributed by atoms with Gasteiger partial charge in [0.25, 0.3) is 0 Å². The van der Waals surface area contributed by atoms with E-state index in [1.165, 1.54) is 0 Å². The first kappa shape index (κ1) is 29.9. The fourth-order valence-electron chi connectivity index (χ4n) is 4.91. The Morgan fingerprint density at radius 1 is 0.900 bits per heavy atom. The highest BCUT2D eigenvalue weighted by Gasteiger charge is 2.37. The molecule has 0 radical (unpaired) electrons. The molecule has 40 heavy (non-hydrogen) atoms. The van der Waals surface area contributed by atoms with Gasteiger partial charge in [-0.3, -0.25) is 10.2 Å². The van der Waals surface area contributed by atoms with Gasteiger partial charge < -0.3 is 18.9 Å². The van der Waals surface area contributed by atoms with Gasteiger partial charge in [-0.15, -0.1) is 0 Å². The Morgan fingerprint density at radius 2 is 1.60 bits per heavy atom. The third-order valence-corrected chi connectivity index (χ3v) is 8.34. The monoisotopic (exact) mass is 660 g/mol. The number of carbonyl (C=O) groups is 2. The molecule has 3 aromatic rings. The molecule has 8 nitrogen and oxygen atoms in total. The molecule has 1 N–H and O–H groups in total. The van der Waals surface area contributed by atoms with Gasteiger partial charge in [0, 0.05) is 53.4 Å². The van der Waals surface area contributed by atoms with Gasteiger partial charge in [0.15, 0.2) is 0 Å². The van der Waals surface area contributed by atoms with Gasteiger partial charge in [0.2, 0.25) is 0 Å². The summed E-state index contributed by atoms with van der Waals surface area (Å²) in [6.07, 6.45) is 0.982. The van der Waals surface area contributed by atoms with E-state index in [4.69, 9.17) is 18.9 Å². The molecule has 3 aromatic carbocycles. The molecule has 0 unspecified atom stereocenters. The number of likely N-dealkylation sites (tertiary alicyclic amines) is 1. The summed E-state index contributed by atoms with van der Waals surface area (Å²) < 4.78 is 23.6. The molecule has 1 fully saturated rings. The van der Waals surface area contributed by atoms with Crippen molar-refractivity contribution in [3.8, 4) is 11.5 Å². The van der Waals surface area contributed by atoms with E-state index in [0.717, 1.165) is 60.3 Å². The Bertz CT molecular complexity index is 1310. The lowest BCUT2D eigenvalue weighted by molar-refractivity contribution is -0.0121. The Labute approximate surface area is 249 Å². The van der Waals surface area contributed by atoms with Gasteiger partial charge >= 0.3 is 12.1 Å². The average molecular weight is 661 g/mol. The zero-order chi connectivity index (χ0) is 28.5. The largest absolute Gasteiger partial charge is 0.493 e. The molecule has 0 aliphatic carbocycles. The van der Waals surface area contributed by atoms with E-state index >= 15 is 0 Å². The van der Waals surface area contributed by atoms with Crippen molar-refractivity contribution in [2.45, 2.75) is 45.8 Å². The number of esters is 1. The van der Waals surface area contributed by atoms with E-state index in [1.54, 1.807) is 31.2 Å². The minimum Gasteiger partial charge on any atom is -0.493 e. The van der Waals surface area contributed by atoms with Crippen molar-refractivity contribution in [3.63, 3.8) is 0 Å². The van der Waals surface area contributed by atoms with E-state index in [0.29, 0.717) is 35.5 Å². The predicted octanol–water partition coefficient (Wildman–Crippen LogP) is 6.83.